The van der Waals surface area contributed by atoms with Gasteiger partial charge in [0.15, 0.2) is 0 Å². The maximum absolute atomic E-state index is 5.62. The SMILES string of the molecule is Nc1ccc2c(Br)csc2c1. The first-order chi connectivity index (χ1) is 5.27. The summed E-state index contributed by atoms with van der Waals surface area (Å²) in [6.07, 6.45) is 0. The highest BCUT2D eigenvalue weighted by molar-refractivity contribution is 9.10. The summed E-state index contributed by atoms with van der Waals surface area (Å²) in [5, 5.41) is 3.31. The van der Waals surface area contributed by atoms with Gasteiger partial charge < -0.3 is 5.73 Å². The molecule has 0 aliphatic carbocycles. The van der Waals surface area contributed by atoms with Crippen molar-refractivity contribution in [1.29, 1.82) is 0 Å². The molecule has 2 aromatic rings. The van der Waals surface area contributed by atoms with Gasteiger partial charge in [0.1, 0.15) is 0 Å². The number of anilines is 1. The van der Waals surface area contributed by atoms with Crippen molar-refractivity contribution in [2.75, 3.05) is 5.73 Å². The molecule has 3 heteroatoms. The normalized spacial score (nSPS) is 10.6. The monoisotopic (exact) mass is 227 g/mol. The van der Waals surface area contributed by atoms with Crippen LogP contribution < -0.4 is 5.73 Å². The predicted octanol–water partition coefficient (Wildman–Crippen LogP) is 3.25. The molecule has 0 aliphatic heterocycles. The van der Waals surface area contributed by atoms with Gasteiger partial charge in [-0.25, -0.2) is 0 Å². The summed E-state index contributed by atoms with van der Waals surface area (Å²) in [6, 6.07) is 5.94. The third kappa shape index (κ3) is 1.14. The van der Waals surface area contributed by atoms with E-state index in [0.29, 0.717) is 0 Å². The first kappa shape index (κ1) is 7.13. The Bertz CT molecular complexity index is 394. The summed E-state index contributed by atoms with van der Waals surface area (Å²) >= 11 is 5.16. The molecule has 0 bridgehead atoms. The van der Waals surface area contributed by atoms with E-state index < -0.39 is 0 Å². The van der Waals surface area contributed by atoms with E-state index in [1.165, 1.54) is 10.1 Å². The molecule has 0 saturated heterocycles. The number of thiophene rings is 1. The van der Waals surface area contributed by atoms with Gasteiger partial charge in [0, 0.05) is 25.6 Å². The van der Waals surface area contributed by atoms with Gasteiger partial charge in [-0.1, -0.05) is 6.07 Å². The lowest BCUT2D eigenvalue weighted by molar-refractivity contribution is 1.78. The minimum Gasteiger partial charge on any atom is -0.399 e. The zero-order valence-corrected chi connectivity index (χ0v) is 8.08. The largest absolute Gasteiger partial charge is 0.399 e. The Labute approximate surface area is 77.0 Å². The van der Waals surface area contributed by atoms with Crippen LogP contribution in [0.15, 0.2) is 28.1 Å². The molecule has 0 aliphatic rings. The van der Waals surface area contributed by atoms with E-state index in [2.05, 4.69) is 21.3 Å². The van der Waals surface area contributed by atoms with Gasteiger partial charge in [0.2, 0.25) is 0 Å². The van der Waals surface area contributed by atoms with Crippen molar-refractivity contribution in [2.45, 2.75) is 0 Å². The Kier molecular flexibility index (Phi) is 1.62. The lowest BCUT2D eigenvalue weighted by Crippen LogP contribution is -1.80. The van der Waals surface area contributed by atoms with E-state index in [9.17, 15) is 0 Å². The Hall–Kier alpha value is -0.540. The number of benzene rings is 1. The number of hydrogen-bond acceptors (Lipinski definition) is 2. The third-order valence-corrected chi connectivity index (χ3v) is 3.46. The molecule has 1 aromatic heterocycles. The second kappa shape index (κ2) is 2.50. The lowest BCUT2D eigenvalue weighted by Gasteiger charge is -1.91. The zero-order valence-electron chi connectivity index (χ0n) is 5.67. The number of fused-ring (bicyclic) bond motifs is 1. The van der Waals surface area contributed by atoms with Crippen LogP contribution in [0.1, 0.15) is 0 Å². The number of nitrogen functional groups attached to an aromatic ring is 1. The molecule has 1 nitrogen and oxygen atoms in total. The van der Waals surface area contributed by atoms with E-state index in [0.717, 1.165) is 10.2 Å². The molecule has 0 unspecified atom stereocenters. The molecule has 11 heavy (non-hydrogen) atoms. The van der Waals surface area contributed by atoms with Crippen molar-refractivity contribution in [1.82, 2.24) is 0 Å². The number of nitrogens with two attached hydrogens (primary N) is 1. The summed E-state index contributed by atoms with van der Waals surface area (Å²) in [5.41, 5.74) is 6.45. The number of hydrogen-bond donors (Lipinski definition) is 1. The average Bonchev–Trinajstić information content (AvgIpc) is 2.32. The van der Waals surface area contributed by atoms with Gasteiger partial charge in [-0.2, -0.15) is 0 Å². The van der Waals surface area contributed by atoms with Crippen molar-refractivity contribution >= 4 is 43.0 Å². The lowest BCUT2D eigenvalue weighted by atomic mass is 10.2. The van der Waals surface area contributed by atoms with E-state index >= 15 is 0 Å². The first-order valence-corrected chi connectivity index (χ1v) is 4.87. The molecular formula is C8H6BrNS. The quantitative estimate of drug-likeness (QED) is 0.688. The first-order valence-electron chi connectivity index (χ1n) is 3.19. The zero-order chi connectivity index (χ0) is 7.84. The van der Waals surface area contributed by atoms with Crippen LogP contribution in [0, 0.1) is 0 Å². The van der Waals surface area contributed by atoms with Crippen LogP contribution >= 0.6 is 27.3 Å². The molecule has 0 atom stereocenters. The summed E-state index contributed by atoms with van der Waals surface area (Å²) in [4.78, 5) is 0. The van der Waals surface area contributed by atoms with Crippen LogP contribution in [-0.4, -0.2) is 0 Å². The van der Waals surface area contributed by atoms with E-state index in [4.69, 9.17) is 5.73 Å². The standard InChI is InChI=1S/C8H6BrNS/c9-7-4-11-8-3-5(10)1-2-6(7)8/h1-4H,10H2. The van der Waals surface area contributed by atoms with E-state index in [-0.39, 0.29) is 0 Å². The summed E-state index contributed by atoms with van der Waals surface area (Å²) in [7, 11) is 0. The van der Waals surface area contributed by atoms with E-state index in [1.54, 1.807) is 11.3 Å². The van der Waals surface area contributed by atoms with Gasteiger partial charge in [-0.05, 0) is 28.1 Å². The smallest absolute Gasteiger partial charge is 0.0374 e. The van der Waals surface area contributed by atoms with Crippen LogP contribution in [0.3, 0.4) is 0 Å². The van der Waals surface area contributed by atoms with Crippen LogP contribution in [0.4, 0.5) is 5.69 Å². The average molecular weight is 228 g/mol. The fourth-order valence-corrected chi connectivity index (χ4v) is 2.64. The Morgan fingerprint density at radius 3 is 3.00 bits per heavy atom. The summed E-state index contributed by atoms with van der Waals surface area (Å²) in [5.74, 6) is 0. The molecule has 2 rings (SSSR count). The minimum atomic E-state index is 0.826. The van der Waals surface area contributed by atoms with E-state index in [1.807, 2.05) is 18.2 Å². The van der Waals surface area contributed by atoms with Crippen LogP contribution in [0.2, 0.25) is 0 Å². The molecular weight excluding hydrogens is 222 g/mol. The van der Waals surface area contributed by atoms with Crippen molar-refractivity contribution in [3.8, 4) is 0 Å². The molecule has 56 valence electrons. The fourth-order valence-electron chi connectivity index (χ4n) is 1.01. The second-order valence-corrected chi connectivity index (χ2v) is 4.10. The maximum Gasteiger partial charge on any atom is 0.0374 e. The molecule has 0 amide bonds. The highest BCUT2D eigenvalue weighted by Gasteiger charge is 1.99. The van der Waals surface area contributed by atoms with Gasteiger partial charge in [-0.3, -0.25) is 0 Å². The highest BCUT2D eigenvalue weighted by atomic mass is 79.9. The third-order valence-electron chi connectivity index (χ3n) is 1.55. The second-order valence-electron chi connectivity index (χ2n) is 2.34. The molecule has 1 heterocycles. The Morgan fingerprint density at radius 1 is 1.36 bits per heavy atom. The van der Waals surface area contributed by atoms with Crippen LogP contribution in [-0.2, 0) is 0 Å². The van der Waals surface area contributed by atoms with Gasteiger partial charge in [0.05, 0.1) is 0 Å². The Morgan fingerprint density at radius 2 is 2.18 bits per heavy atom. The minimum absolute atomic E-state index is 0.826. The summed E-state index contributed by atoms with van der Waals surface area (Å²) in [6.45, 7) is 0. The van der Waals surface area contributed by atoms with Gasteiger partial charge in [0.25, 0.3) is 0 Å². The van der Waals surface area contributed by atoms with Crippen molar-refractivity contribution in [3.05, 3.63) is 28.1 Å². The predicted molar refractivity (Wildman–Crippen MR) is 53.9 cm³/mol. The molecule has 0 spiro atoms. The maximum atomic E-state index is 5.62. The van der Waals surface area contributed by atoms with Crippen molar-refractivity contribution < 1.29 is 0 Å². The van der Waals surface area contributed by atoms with Crippen LogP contribution in [0.25, 0.3) is 10.1 Å². The van der Waals surface area contributed by atoms with Gasteiger partial charge in [-0.15, -0.1) is 11.3 Å². The Balaban J connectivity index is 2.86. The number of halogens is 1. The van der Waals surface area contributed by atoms with Crippen LogP contribution in [0.5, 0.6) is 0 Å². The fraction of sp³-hybridized carbons (Fsp3) is 0. The molecule has 0 fully saturated rings. The molecule has 1 aromatic carbocycles. The molecule has 0 saturated carbocycles. The topological polar surface area (TPSA) is 26.0 Å². The molecule has 2 N–H and O–H groups in total. The highest BCUT2D eigenvalue weighted by Crippen LogP contribution is 2.31. The van der Waals surface area contributed by atoms with Gasteiger partial charge >= 0.3 is 0 Å². The molecule has 0 radical (unpaired) electrons. The van der Waals surface area contributed by atoms with Crippen molar-refractivity contribution in [3.63, 3.8) is 0 Å². The van der Waals surface area contributed by atoms with Crippen molar-refractivity contribution in [2.24, 2.45) is 0 Å². The summed E-state index contributed by atoms with van der Waals surface area (Å²) < 4.78 is 2.38. The number of rotatable bonds is 0.